The highest BCUT2D eigenvalue weighted by Crippen LogP contribution is 2.19. The molecule has 0 aliphatic heterocycles. The van der Waals surface area contributed by atoms with Crippen molar-refractivity contribution in [2.75, 3.05) is 25.5 Å². The molecule has 2 aromatic rings. The normalized spacial score (nSPS) is 11.9. The lowest BCUT2D eigenvalue weighted by Crippen LogP contribution is -2.44. The van der Waals surface area contributed by atoms with Gasteiger partial charge in [-0.2, -0.15) is 0 Å². The summed E-state index contributed by atoms with van der Waals surface area (Å²) in [6, 6.07) is 8.58. The fourth-order valence-electron chi connectivity index (χ4n) is 2.23. The second-order valence-corrected chi connectivity index (χ2v) is 6.40. The van der Waals surface area contributed by atoms with Gasteiger partial charge in [-0.05, 0) is 43.3 Å². The number of carbonyl (C=O) groups excluding carboxylic acids is 1. The first-order chi connectivity index (χ1) is 13.8. The number of guanidine groups is 1. The van der Waals surface area contributed by atoms with Gasteiger partial charge in [0, 0.05) is 12.1 Å². The third-order valence-corrected chi connectivity index (χ3v) is 3.91. The van der Waals surface area contributed by atoms with Crippen LogP contribution in [0.2, 0.25) is 5.02 Å². The van der Waals surface area contributed by atoms with Crippen LogP contribution in [-0.2, 0) is 4.79 Å². The third-order valence-electron chi connectivity index (χ3n) is 3.66. The minimum Gasteiger partial charge on any atom is -0.489 e. The van der Waals surface area contributed by atoms with Crippen molar-refractivity contribution in [1.29, 1.82) is 0 Å². The second kappa shape index (κ2) is 12.5. The molecule has 0 saturated heterocycles. The molecule has 1 atom stereocenters. The number of hydrogen-bond donors (Lipinski definition) is 3. The SMILES string of the molecule is CN=C(NCC(=O)Nc1ccc(F)c(F)c1F)NCC(C)Oc1ccc(Cl)cc1.I. The highest BCUT2D eigenvalue weighted by Gasteiger charge is 2.15. The summed E-state index contributed by atoms with van der Waals surface area (Å²) >= 11 is 5.82. The van der Waals surface area contributed by atoms with E-state index in [4.69, 9.17) is 16.3 Å². The highest BCUT2D eigenvalue weighted by atomic mass is 127. The molecule has 2 aromatic carbocycles. The zero-order valence-corrected chi connectivity index (χ0v) is 19.2. The smallest absolute Gasteiger partial charge is 0.243 e. The molecule has 0 fully saturated rings. The Kier molecular flexibility index (Phi) is 10.7. The van der Waals surface area contributed by atoms with Crippen molar-refractivity contribution in [2.24, 2.45) is 4.99 Å². The maximum atomic E-state index is 13.6. The fraction of sp³-hybridized carbons (Fsp3) is 0.263. The van der Waals surface area contributed by atoms with Crippen LogP contribution >= 0.6 is 35.6 Å². The van der Waals surface area contributed by atoms with Gasteiger partial charge in [-0.1, -0.05) is 11.6 Å². The number of nitrogens with one attached hydrogen (secondary N) is 3. The Hall–Kier alpha value is -2.21. The number of benzene rings is 2. The Bertz CT molecular complexity index is 885. The van der Waals surface area contributed by atoms with Gasteiger partial charge in [-0.3, -0.25) is 9.79 Å². The zero-order chi connectivity index (χ0) is 21.4. The molecule has 0 saturated carbocycles. The summed E-state index contributed by atoms with van der Waals surface area (Å²) in [5.74, 6) is -4.16. The van der Waals surface area contributed by atoms with Crippen LogP contribution in [0.5, 0.6) is 5.75 Å². The average molecular weight is 557 g/mol. The van der Waals surface area contributed by atoms with Crippen LogP contribution in [0, 0.1) is 17.5 Å². The van der Waals surface area contributed by atoms with Crippen molar-refractivity contribution in [3.63, 3.8) is 0 Å². The summed E-state index contributed by atoms with van der Waals surface area (Å²) in [6.07, 6.45) is -0.222. The average Bonchev–Trinajstić information content (AvgIpc) is 2.70. The van der Waals surface area contributed by atoms with E-state index in [2.05, 4.69) is 20.9 Å². The van der Waals surface area contributed by atoms with E-state index in [1.807, 2.05) is 6.92 Å². The van der Waals surface area contributed by atoms with Crippen molar-refractivity contribution in [1.82, 2.24) is 10.6 Å². The van der Waals surface area contributed by atoms with Gasteiger partial charge in [-0.25, -0.2) is 13.2 Å². The van der Waals surface area contributed by atoms with E-state index in [9.17, 15) is 18.0 Å². The number of nitrogens with zero attached hydrogens (tertiary/aromatic N) is 1. The second-order valence-electron chi connectivity index (χ2n) is 5.96. The number of aliphatic imine (C=N–C) groups is 1. The minimum atomic E-state index is -1.65. The number of anilines is 1. The molecule has 0 radical (unpaired) electrons. The topological polar surface area (TPSA) is 74.8 Å². The van der Waals surface area contributed by atoms with E-state index < -0.39 is 29.0 Å². The lowest BCUT2D eigenvalue weighted by atomic mass is 10.2. The monoisotopic (exact) mass is 556 g/mol. The van der Waals surface area contributed by atoms with Crippen molar-refractivity contribution >= 4 is 53.1 Å². The molecule has 0 spiro atoms. The predicted octanol–water partition coefficient (Wildman–Crippen LogP) is 3.95. The number of halogens is 5. The highest BCUT2D eigenvalue weighted by molar-refractivity contribution is 14.0. The van der Waals surface area contributed by atoms with Crippen LogP contribution in [0.1, 0.15) is 6.92 Å². The van der Waals surface area contributed by atoms with Gasteiger partial charge in [0.25, 0.3) is 0 Å². The summed E-state index contributed by atoms with van der Waals surface area (Å²) in [5, 5.41) is 8.46. The molecule has 1 amide bonds. The predicted molar refractivity (Wildman–Crippen MR) is 121 cm³/mol. The molecule has 3 N–H and O–H groups in total. The van der Waals surface area contributed by atoms with E-state index in [1.54, 1.807) is 24.3 Å². The summed E-state index contributed by atoms with van der Waals surface area (Å²) in [7, 11) is 1.51. The summed E-state index contributed by atoms with van der Waals surface area (Å²) < 4.78 is 45.4. The maximum absolute atomic E-state index is 13.6. The number of ether oxygens (including phenoxy) is 1. The molecule has 0 aliphatic rings. The Morgan fingerprint density at radius 3 is 2.40 bits per heavy atom. The number of carbonyl (C=O) groups is 1. The van der Waals surface area contributed by atoms with Crippen molar-refractivity contribution in [3.05, 3.63) is 58.9 Å². The first kappa shape index (κ1) is 25.8. The molecule has 0 aliphatic carbocycles. The van der Waals surface area contributed by atoms with Crippen molar-refractivity contribution < 1.29 is 22.7 Å². The summed E-state index contributed by atoms with van der Waals surface area (Å²) in [5.41, 5.74) is -0.455. The van der Waals surface area contributed by atoms with Gasteiger partial charge in [0.2, 0.25) is 5.91 Å². The lowest BCUT2D eigenvalue weighted by molar-refractivity contribution is -0.115. The minimum absolute atomic E-state index is 0. The van der Waals surface area contributed by atoms with Gasteiger partial charge in [-0.15, -0.1) is 24.0 Å². The molecule has 11 heteroatoms. The standard InChI is InChI=1S/C19H20ClF3N4O2.HI/c1-11(29-13-5-3-12(20)4-6-13)9-25-19(24-2)26-10-16(28)27-15-8-7-14(21)17(22)18(15)23;/h3-8,11H,9-10H2,1-2H3,(H,27,28)(H2,24,25,26);1H. The largest absolute Gasteiger partial charge is 0.489 e. The number of hydrogen-bond acceptors (Lipinski definition) is 3. The van der Waals surface area contributed by atoms with Crippen LogP contribution < -0.4 is 20.7 Å². The van der Waals surface area contributed by atoms with E-state index >= 15 is 0 Å². The summed E-state index contributed by atoms with van der Waals surface area (Å²) in [6.45, 7) is 1.94. The van der Waals surface area contributed by atoms with Crippen LogP contribution in [-0.4, -0.2) is 38.1 Å². The Morgan fingerprint density at radius 1 is 1.10 bits per heavy atom. The quantitative estimate of drug-likeness (QED) is 0.209. The van der Waals surface area contributed by atoms with Crippen molar-refractivity contribution in [3.8, 4) is 5.75 Å². The van der Waals surface area contributed by atoms with Crippen LogP contribution in [0.3, 0.4) is 0 Å². The van der Waals surface area contributed by atoms with Gasteiger partial charge in [0.1, 0.15) is 11.9 Å². The number of amides is 1. The van der Waals surface area contributed by atoms with Gasteiger partial charge in [0.05, 0.1) is 18.8 Å². The fourth-order valence-corrected chi connectivity index (χ4v) is 2.35. The number of rotatable bonds is 7. The Balaban J connectivity index is 0.00000450. The third kappa shape index (κ3) is 7.90. The van der Waals surface area contributed by atoms with Gasteiger partial charge in [0.15, 0.2) is 23.4 Å². The molecule has 30 heavy (non-hydrogen) atoms. The van der Waals surface area contributed by atoms with Crippen molar-refractivity contribution in [2.45, 2.75) is 13.0 Å². The molecular weight excluding hydrogens is 536 g/mol. The molecule has 2 rings (SSSR count). The lowest BCUT2D eigenvalue weighted by Gasteiger charge is -2.17. The van der Waals surface area contributed by atoms with Gasteiger partial charge < -0.3 is 20.7 Å². The maximum Gasteiger partial charge on any atom is 0.243 e. The van der Waals surface area contributed by atoms with Crippen LogP contribution in [0.15, 0.2) is 41.4 Å². The Labute approximate surface area is 194 Å². The summed E-state index contributed by atoms with van der Waals surface area (Å²) in [4.78, 5) is 15.9. The van der Waals surface area contributed by atoms with E-state index in [-0.39, 0.29) is 36.6 Å². The molecule has 1 unspecified atom stereocenters. The van der Waals surface area contributed by atoms with E-state index in [0.717, 1.165) is 12.1 Å². The Morgan fingerprint density at radius 2 is 1.77 bits per heavy atom. The van der Waals surface area contributed by atoms with Crippen LogP contribution in [0.25, 0.3) is 0 Å². The first-order valence-electron chi connectivity index (χ1n) is 8.60. The molecule has 0 heterocycles. The molecule has 0 aromatic heterocycles. The van der Waals surface area contributed by atoms with Crippen LogP contribution in [0.4, 0.5) is 18.9 Å². The van der Waals surface area contributed by atoms with E-state index in [0.29, 0.717) is 23.3 Å². The molecule has 0 bridgehead atoms. The zero-order valence-electron chi connectivity index (χ0n) is 16.1. The van der Waals surface area contributed by atoms with E-state index in [1.165, 1.54) is 7.05 Å². The molecule has 164 valence electrons. The first-order valence-corrected chi connectivity index (χ1v) is 8.98. The molecular formula is C19H21ClF3IN4O2. The molecule has 6 nitrogen and oxygen atoms in total. The van der Waals surface area contributed by atoms with Gasteiger partial charge >= 0.3 is 0 Å².